The van der Waals surface area contributed by atoms with Crippen molar-refractivity contribution in [3.8, 4) is 11.5 Å². The van der Waals surface area contributed by atoms with Crippen molar-refractivity contribution < 1.29 is 9.21 Å². The third kappa shape index (κ3) is 4.24. The minimum Gasteiger partial charge on any atom is -0.421 e. The SMILES string of the molecule is Cc1ccc(-c2nnc(CCC(=O)NC(C)c3c(C)nn(C)c3C)o2)cc1. The second kappa shape index (κ2) is 7.73. The van der Waals surface area contributed by atoms with Crippen molar-refractivity contribution >= 4 is 5.91 Å². The highest BCUT2D eigenvalue weighted by atomic mass is 16.4. The molecule has 0 saturated heterocycles. The summed E-state index contributed by atoms with van der Waals surface area (Å²) >= 11 is 0. The molecule has 1 atom stereocenters. The fourth-order valence-electron chi connectivity index (χ4n) is 3.19. The molecular weight excluding hydrogens is 342 g/mol. The second-order valence-corrected chi connectivity index (χ2v) is 6.86. The third-order valence-electron chi connectivity index (χ3n) is 4.71. The van der Waals surface area contributed by atoms with Gasteiger partial charge in [0.05, 0.1) is 11.7 Å². The number of hydrogen-bond acceptors (Lipinski definition) is 5. The molecule has 142 valence electrons. The molecule has 2 heterocycles. The molecule has 2 aromatic heterocycles. The summed E-state index contributed by atoms with van der Waals surface area (Å²) in [5.41, 5.74) is 5.09. The summed E-state index contributed by atoms with van der Waals surface area (Å²) in [6.45, 7) is 7.95. The molecule has 7 nitrogen and oxygen atoms in total. The van der Waals surface area contributed by atoms with Crippen molar-refractivity contribution in [1.82, 2.24) is 25.3 Å². The van der Waals surface area contributed by atoms with Crippen LogP contribution in [0.25, 0.3) is 11.5 Å². The fourth-order valence-corrected chi connectivity index (χ4v) is 3.19. The first-order valence-corrected chi connectivity index (χ1v) is 9.04. The largest absolute Gasteiger partial charge is 0.421 e. The smallest absolute Gasteiger partial charge is 0.247 e. The number of carbonyl (C=O) groups excluding carboxylic acids is 1. The molecule has 0 fully saturated rings. The first kappa shape index (κ1) is 18.8. The van der Waals surface area contributed by atoms with Crippen LogP contribution in [0, 0.1) is 20.8 Å². The van der Waals surface area contributed by atoms with Crippen molar-refractivity contribution in [2.45, 2.75) is 46.6 Å². The summed E-state index contributed by atoms with van der Waals surface area (Å²) in [7, 11) is 1.90. The van der Waals surface area contributed by atoms with E-state index in [1.54, 1.807) is 0 Å². The maximum absolute atomic E-state index is 12.3. The standard InChI is InChI=1S/C20H25N5O2/c1-12-6-8-16(9-7-12)20-23-22-18(27-20)11-10-17(26)21-13(2)19-14(3)24-25(5)15(19)4/h6-9,13H,10-11H2,1-5H3,(H,21,26). The molecule has 0 aliphatic rings. The molecular formula is C20H25N5O2. The van der Waals surface area contributed by atoms with Gasteiger partial charge in [-0.3, -0.25) is 9.48 Å². The second-order valence-electron chi connectivity index (χ2n) is 6.86. The van der Waals surface area contributed by atoms with Gasteiger partial charge in [-0.15, -0.1) is 10.2 Å². The molecule has 0 saturated carbocycles. The van der Waals surface area contributed by atoms with Gasteiger partial charge in [0.15, 0.2) is 0 Å². The molecule has 3 rings (SSSR count). The van der Waals surface area contributed by atoms with Gasteiger partial charge in [-0.1, -0.05) is 17.7 Å². The van der Waals surface area contributed by atoms with Crippen LogP contribution in [0.5, 0.6) is 0 Å². The van der Waals surface area contributed by atoms with E-state index >= 15 is 0 Å². The quantitative estimate of drug-likeness (QED) is 0.723. The van der Waals surface area contributed by atoms with Crippen LogP contribution in [0.4, 0.5) is 0 Å². The average molecular weight is 367 g/mol. The van der Waals surface area contributed by atoms with Gasteiger partial charge in [0, 0.05) is 36.7 Å². The molecule has 1 N–H and O–H groups in total. The van der Waals surface area contributed by atoms with E-state index in [9.17, 15) is 4.79 Å². The van der Waals surface area contributed by atoms with E-state index in [0.717, 1.165) is 22.5 Å². The number of carbonyl (C=O) groups is 1. The molecule has 1 aromatic carbocycles. The Labute approximate surface area is 158 Å². The normalized spacial score (nSPS) is 12.2. The van der Waals surface area contributed by atoms with Crippen molar-refractivity contribution in [2.75, 3.05) is 0 Å². The van der Waals surface area contributed by atoms with E-state index in [4.69, 9.17) is 4.42 Å². The molecule has 0 radical (unpaired) electrons. The Kier molecular flexibility index (Phi) is 5.39. The van der Waals surface area contributed by atoms with Gasteiger partial charge < -0.3 is 9.73 Å². The highest BCUT2D eigenvalue weighted by molar-refractivity contribution is 5.76. The van der Waals surface area contributed by atoms with Crippen LogP contribution in [-0.2, 0) is 18.3 Å². The van der Waals surface area contributed by atoms with Crippen LogP contribution in [0.2, 0.25) is 0 Å². The lowest BCUT2D eigenvalue weighted by atomic mass is 10.1. The number of benzene rings is 1. The topological polar surface area (TPSA) is 85.8 Å². The summed E-state index contributed by atoms with van der Waals surface area (Å²) in [6, 6.07) is 7.78. The Hall–Kier alpha value is -2.96. The highest BCUT2D eigenvalue weighted by Gasteiger charge is 2.18. The lowest BCUT2D eigenvalue weighted by molar-refractivity contribution is -0.121. The molecule has 0 spiro atoms. The zero-order chi connectivity index (χ0) is 19.6. The lowest BCUT2D eigenvalue weighted by Gasteiger charge is -2.14. The van der Waals surface area contributed by atoms with E-state index in [0.29, 0.717) is 18.2 Å². The number of hydrogen-bond donors (Lipinski definition) is 1. The van der Waals surface area contributed by atoms with Crippen molar-refractivity contribution in [3.63, 3.8) is 0 Å². The molecule has 3 aromatic rings. The molecule has 0 aliphatic heterocycles. The number of aromatic nitrogens is 4. The predicted octanol–water partition coefficient (Wildman–Crippen LogP) is 3.21. The summed E-state index contributed by atoms with van der Waals surface area (Å²) in [5.74, 6) is 0.878. The van der Waals surface area contributed by atoms with E-state index in [-0.39, 0.29) is 18.4 Å². The van der Waals surface area contributed by atoms with Crippen LogP contribution >= 0.6 is 0 Å². The van der Waals surface area contributed by atoms with Gasteiger partial charge >= 0.3 is 0 Å². The van der Waals surface area contributed by atoms with Gasteiger partial charge in [0.1, 0.15) is 0 Å². The van der Waals surface area contributed by atoms with Crippen LogP contribution in [-0.4, -0.2) is 25.9 Å². The minimum atomic E-state index is -0.1000. The number of aryl methyl sites for hydroxylation is 4. The zero-order valence-corrected chi connectivity index (χ0v) is 16.4. The molecule has 0 aliphatic carbocycles. The summed E-state index contributed by atoms with van der Waals surface area (Å²) < 4.78 is 7.51. The predicted molar refractivity (Wildman–Crippen MR) is 102 cm³/mol. The van der Waals surface area contributed by atoms with E-state index in [2.05, 4.69) is 20.6 Å². The molecule has 0 bridgehead atoms. The molecule has 7 heteroatoms. The number of nitrogens with one attached hydrogen (secondary N) is 1. The van der Waals surface area contributed by atoms with Crippen molar-refractivity contribution in [1.29, 1.82) is 0 Å². The first-order chi connectivity index (χ1) is 12.8. The van der Waals surface area contributed by atoms with Crippen LogP contribution in [0.1, 0.15) is 47.8 Å². The van der Waals surface area contributed by atoms with E-state index < -0.39 is 0 Å². The van der Waals surface area contributed by atoms with Crippen LogP contribution < -0.4 is 5.32 Å². The average Bonchev–Trinajstić information content (AvgIpc) is 3.18. The van der Waals surface area contributed by atoms with Gasteiger partial charge in [-0.05, 0) is 39.8 Å². The van der Waals surface area contributed by atoms with Gasteiger partial charge in [0.25, 0.3) is 0 Å². The maximum atomic E-state index is 12.3. The number of amides is 1. The number of rotatable bonds is 6. The lowest BCUT2D eigenvalue weighted by Crippen LogP contribution is -2.27. The Bertz CT molecular complexity index is 940. The van der Waals surface area contributed by atoms with E-state index in [1.165, 1.54) is 5.56 Å². The fraction of sp³-hybridized carbons (Fsp3) is 0.400. The van der Waals surface area contributed by atoms with Crippen LogP contribution in [0.3, 0.4) is 0 Å². The minimum absolute atomic E-state index is 0.0553. The molecule has 1 unspecified atom stereocenters. The van der Waals surface area contributed by atoms with Crippen molar-refractivity contribution in [2.24, 2.45) is 7.05 Å². The van der Waals surface area contributed by atoms with Gasteiger partial charge in [-0.2, -0.15) is 5.10 Å². The number of nitrogens with zero attached hydrogens (tertiary/aromatic N) is 4. The Morgan fingerprint density at radius 3 is 2.52 bits per heavy atom. The van der Waals surface area contributed by atoms with Gasteiger partial charge in [-0.25, -0.2) is 0 Å². The van der Waals surface area contributed by atoms with E-state index in [1.807, 2.05) is 63.7 Å². The van der Waals surface area contributed by atoms with Crippen LogP contribution in [0.15, 0.2) is 28.7 Å². The summed E-state index contributed by atoms with van der Waals surface area (Å²) in [6.07, 6.45) is 0.695. The first-order valence-electron chi connectivity index (χ1n) is 9.04. The zero-order valence-electron chi connectivity index (χ0n) is 16.4. The Morgan fingerprint density at radius 1 is 1.19 bits per heavy atom. The third-order valence-corrected chi connectivity index (χ3v) is 4.71. The summed E-state index contributed by atoms with van der Waals surface area (Å²) in [5, 5.41) is 15.5. The van der Waals surface area contributed by atoms with Crippen molar-refractivity contribution in [3.05, 3.63) is 52.7 Å². The highest BCUT2D eigenvalue weighted by Crippen LogP contribution is 2.21. The molecule has 27 heavy (non-hydrogen) atoms. The summed E-state index contributed by atoms with van der Waals surface area (Å²) in [4.78, 5) is 12.3. The Morgan fingerprint density at radius 2 is 1.89 bits per heavy atom. The maximum Gasteiger partial charge on any atom is 0.247 e. The van der Waals surface area contributed by atoms with Gasteiger partial charge in [0.2, 0.25) is 17.7 Å². The Balaban J connectivity index is 1.57. The molecule has 1 amide bonds. The monoisotopic (exact) mass is 367 g/mol.